The van der Waals surface area contributed by atoms with Crippen molar-refractivity contribution in [2.75, 3.05) is 6.61 Å². The minimum absolute atomic E-state index is 0.105. The summed E-state index contributed by atoms with van der Waals surface area (Å²) in [4.78, 5) is 29.8. The van der Waals surface area contributed by atoms with E-state index in [1.54, 1.807) is 19.3 Å². The van der Waals surface area contributed by atoms with Gasteiger partial charge < -0.3 is 15.0 Å². The van der Waals surface area contributed by atoms with Gasteiger partial charge in [-0.2, -0.15) is 0 Å². The van der Waals surface area contributed by atoms with E-state index in [0.29, 0.717) is 6.61 Å². The van der Waals surface area contributed by atoms with E-state index < -0.39 is 0 Å². The van der Waals surface area contributed by atoms with Gasteiger partial charge in [-0.1, -0.05) is 6.92 Å². The molecule has 1 heterocycles. The van der Waals surface area contributed by atoms with E-state index in [9.17, 15) is 9.59 Å². The van der Waals surface area contributed by atoms with Gasteiger partial charge in [0.05, 0.1) is 19.1 Å². The predicted molar refractivity (Wildman–Crippen MR) is 65.6 cm³/mol. The number of ether oxygens (including phenoxy) is 1. The maximum atomic E-state index is 11.7. The summed E-state index contributed by atoms with van der Waals surface area (Å²) in [5.41, 5.74) is 0. The minimum atomic E-state index is -0.348. The van der Waals surface area contributed by atoms with Gasteiger partial charge in [0.25, 0.3) is 0 Å². The highest BCUT2D eigenvalue weighted by Crippen LogP contribution is 2.11. The van der Waals surface area contributed by atoms with Crippen LogP contribution in [0.1, 0.15) is 45.0 Å². The number of aromatic amines is 1. The summed E-state index contributed by atoms with van der Waals surface area (Å²) in [5, 5.41) is 2.83. The number of nitrogens with one attached hydrogen (secondary N) is 2. The highest BCUT2D eigenvalue weighted by Gasteiger charge is 2.15. The highest BCUT2D eigenvalue weighted by molar-refractivity contribution is 5.81. The summed E-state index contributed by atoms with van der Waals surface area (Å²) in [7, 11) is 0. The van der Waals surface area contributed by atoms with E-state index in [-0.39, 0.29) is 30.8 Å². The lowest BCUT2D eigenvalue weighted by atomic mass is 10.2. The third-order valence-corrected chi connectivity index (χ3v) is 2.45. The molecule has 100 valence electrons. The van der Waals surface area contributed by atoms with Crippen LogP contribution >= 0.6 is 0 Å². The van der Waals surface area contributed by atoms with E-state index in [2.05, 4.69) is 15.3 Å². The molecule has 0 fully saturated rings. The molecule has 1 rings (SSSR count). The normalized spacial score (nSPS) is 11.9. The van der Waals surface area contributed by atoms with E-state index in [0.717, 1.165) is 12.2 Å². The molecule has 0 spiro atoms. The minimum Gasteiger partial charge on any atom is -0.466 e. The number of carbonyl (C=O) groups excluding carboxylic acids is 2. The molecule has 0 aliphatic heterocycles. The Bertz CT molecular complexity index is 376. The second-order valence-corrected chi connectivity index (χ2v) is 3.81. The number of imidazole rings is 1. The fourth-order valence-corrected chi connectivity index (χ4v) is 1.55. The number of aromatic nitrogens is 2. The van der Waals surface area contributed by atoms with Crippen LogP contribution in [0.3, 0.4) is 0 Å². The summed E-state index contributed by atoms with van der Waals surface area (Å²) >= 11 is 0. The smallest absolute Gasteiger partial charge is 0.306 e. The number of rotatable bonds is 7. The lowest BCUT2D eigenvalue weighted by Gasteiger charge is -2.14. The number of amides is 1. The average molecular weight is 253 g/mol. The van der Waals surface area contributed by atoms with Gasteiger partial charge in [0.1, 0.15) is 5.82 Å². The molecule has 1 aromatic heterocycles. The van der Waals surface area contributed by atoms with E-state index >= 15 is 0 Å². The summed E-state index contributed by atoms with van der Waals surface area (Å²) in [6.45, 7) is 4.03. The Balaban J connectivity index is 2.36. The Hall–Kier alpha value is -1.85. The van der Waals surface area contributed by atoms with Gasteiger partial charge in [-0.25, -0.2) is 4.98 Å². The molecule has 0 aromatic carbocycles. The van der Waals surface area contributed by atoms with Crippen LogP contribution in [0.5, 0.6) is 0 Å². The van der Waals surface area contributed by atoms with Gasteiger partial charge in [0.15, 0.2) is 0 Å². The molecule has 1 aromatic rings. The van der Waals surface area contributed by atoms with Gasteiger partial charge >= 0.3 is 5.97 Å². The molecule has 0 aliphatic rings. The highest BCUT2D eigenvalue weighted by atomic mass is 16.5. The van der Waals surface area contributed by atoms with Gasteiger partial charge in [0.2, 0.25) is 5.91 Å². The van der Waals surface area contributed by atoms with Crippen LogP contribution < -0.4 is 5.32 Å². The van der Waals surface area contributed by atoms with Crippen LogP contribution in [-0.2, 0) is 14.3 Å². The van der Waals surface area contributed by atoms with E-state index in [1.165, 1.54) is 0 Å². The Labute approximate surface area is 106 Å². The van der Waals surface area contributed by atoms with Gasteiger partial charge in [-0.3, -0.25) is 9.59 Å². The molecule has 0 saturated heterocycles. The van der Waals surface area contributed by atoms with Crippen molar-refractivity contribution in [1.82, 2.24) is 15.3 Å². The average Bonchev–Trinajstić information content (AvgIpc) is 2.87. The van der Waals surface area contributed by atoms with Crippen molar-refractivity contribution in [3.63, 3.8) is 0 Å². The van der Waals surface area contributed by atoms with Crippen molar-refractivity contribution in [1.29, 1.82) is 0 Å². The second-order valence-electron chi connectivity index (χ2n) is 3.81. The van der Waals surface area contributed by atoms with Crippen LogP contribution in [0.4, 0.5) is 0 Å². The molecule has 1 amide bonds. The fraction of sp³-hybridized carbons (Fsp3) is 0.583. The van der Waals surface area contributed by atoms with Crippen LogP contribution in [0.25, 0.3) is 0 Å². The lowest BCUT2D eigenvalue weighted by Crippen LogP contribution is -2.29. The third-order valence-electron chi connectivity index (χ3n) is 2.45. The topological polar surface area (TPSA) is 84.1 Å². The summed E-state index contributed by atoms with van der Waals surface area (Å²) < 4.78 is 4.76. The summed E-state index contributed by atoms with van der Waals surface area (Å²) in [6.07, 6.45) is 4.33. The number of H-pyrrole nitrogens is 1. The zero-order valence-corrected chi connectivity index (χ0v) is 10.7. The summed E-state index contributed by atoms with van der Waals surface area (Å²) in [5.74, 6) is 0.201. The molecule has 6 heteroatoms. The van der Waals surface area contributed by atoms with Crippen molar-refractivity contribution in [2.45, 2.75) is 39.2 Å². The number of hydrogen-bond acceptors (Lipinski definition) is 4. The van der Waals surface area contributed by atoms with Crippen LogP contribution in [-0.4, -0.2) is 28.5 Å². The van der Waals surface area contributed by atoms with Crippen molar-refractivity contribution in [2.24, 2.45) is 0 Å². The predicted octanol–water partition coefficient (Wildman–Crippen LogP) is 1.32. The molecule has 1 unspecified atom stereocenters. The second kappa shape index (κ2) is 7.47. The first-order valence-electron chi connectivity index (χ1n) is 6.11. The van der Waals surface area contributed by atoms with Crippen molar-refractivity contribution in [3.8, 4) is 0 Å². The van der Waals surface area contributed by atoms with Gasteiger partial charge in [-0.05, 0) is 13.3 Å². The largest absolute Gasteiger partial charge is 0.466 e. The van der Waals surface area contributed by atoms with Crippen LogP contribution in [0.15, 0.2) is 12.4 Å². The first-order valence-corrected chi connectivity index (χ1v) is 6.11. The van der Waals surface area contributed by atoms with Crippen molar-refractivity contribution >= 4 is 11.9 Å². The molecule has 6 nitrogen and oxygen atoms in total. The standard InChI is InChI=1S/C12H19N3O3/c1-3-9(12-13-7-8-14-12)15-10(16)5-6-11(17)18-4-2/h7-9H,3-6H2,1-2H3,(H,13,14)(H,15,16). The molecule has 1 atom stereocenters. The summed E-state index contributed by atoms with van der Waals surface area (Å²) in [6, 6.07) is -0.144. The maximum Gasteiger partial charge on any atom is 0.306 e. The monoisotopic (exact) mass is 253 g/mol. The van der Waals surface area contributed by atoms with E-state index in [1.807, 2.05) is 6.92 Å². The molecule has 0 saturated carbocycles. The van der Waals surface area contributed by atoms with Crippen molar-refractivity contribution < 1.29 is 14.3 Å². The van der Waals surface area contributed by atoms with E-state index in [4.69, 9.17) is 4.74 Å². The first kappa shape index (κ1) is 14.2. The Morgan fingerprint density at radius 2 is 2.22 bits per heavy atom. The third kappa shape index (κ3) is 4.57. The quantitative estimate of drug-likeness (QED) is 0.718. The lowest BCUT2D eigenvalue weighted by molar-refractivity contribution is -0.144. The first-order chi connectivity index (χ1) is 8.67. The number of nitrogens with zero attached hydrogens (tertiary/aromatic N) is 1. The molecule has 18 heavy (non-hydrogen) atoms. The van der Waals surface area contributed by atoms with Crippen molar-refractivity contribution in [3.05, 3.63) is 18.2 Å². The van der Waals surface area contributed by atoms with Gasteiger partial charge in [0, 0.05) is 18.8 Å². The SMILES string of the molecule is CCOC(=O)CCC(=O)NC(CC)c1ncc[nH]1. The van der Waals surface area contributed by atoms with Gasteiger partial charge in [-0.15, -0.1) is 0 Å². The van der Waals surface area contributed by atoms with Crippen LogP contribution in [0.2, 0.25) is 0 Å². The zero-order chi connectivity index (χ0) is 13.4. The molecule has 0 radical (unpaired) electrons. The maximum absolute atomic E-state index is 11.7. The molecule has 2 N–H and O–H groups in total. The molecular weight excluding hydrogens is 234 g/mol. The van der Waals surface area contributed by atoms with Crippen LogP contribution in [0, 0.1) is 0 Å². The number of carbonyl (C=O) groups is 2. The molecular formula is C12H19N3O3. The Kier molecular flexibility index (Phi) is 5.90. The zero-order valence-electron chi connectivity index (χ0n) is 10.7. The molecule has 0 aliphatic carbocycles. The molecule has 0 bridgehead atoms. The number of hydrogen-bond donors (Lipinski definition) is 2. The Morgan fingerprint density at radius 1 is 1.44 bits per heavy atom. The fourth-order valence-electron chi connectivity index (χ4n) is 1.55. The Morgan fingerprint density at radius 3 is 2.78 bits per heavy atom. The number of esters is 1.